The molecule has 0 atom stereocenters. The number of halogens is 2. The van der Waals surface area contributed by atoms with Crippen LogP contribution >= 0.6 is 15.9 Å². The second kappa shape index (κ2) is 6.54. The number of rotatable bonds is 4. The third kappa shape index (κ3) is 3.12. The number of carboxylic acid groups (broad SMARTS) is 1. The summed E-state index contributed by atoms with van der Waals surface area (Å²) in [6.07, 6.45) is 1.90. The Hall–Kier alpha value is -1.14. The Morgan fingerprint density at radius 1 is 1.50 bits per heavy atom. The number of hydrogen-bond donors (Lipinski definition) is 1. The molecule has 1 aliphatic heterocycles. The summed E-state index contributed by atoms with van der Waals surface area (Å²) in [5, 5.41) is 8.96. The van der Waals surface area contributed by atoms with E-state index in [9.17, 15) is 9.18 Å². The van der Waals surface area contributed by atoms with Gasteiger partial charge >= 0.3 is 5.97 Å². The van der Waals surface area contributed by atoms with E-state index in [1.165, 1.54) is 6.07 Å². The van der Waals surface area contributed by atoms with E-state index in [2.05, 4.69) is 15.9 Å². The first-order valence-corrected chi connectivity index (χ1v) is 7.29. The molecule has 1 N–H and O–H groups in total. The fraction of sp³-hybridized carbons (Fsp3) is 0.500. The van der Waals surface area contributed by atoms with Crippen molar-refractivity contribution >= 4 is 27.6 Å². The Morgan fingerprint density at radius 2 is 2.15 bits per heavy atom. The highest BCUT2D eigenvalue weighted by atomic mass is 79.9. The van der Waals surface area contributed by atoms with Gasteiger partial charge in [-0.05, 0) is 46.8 Å². The van der Waals surface area contributed by atoms with Crippen molar-refractivity contribution in [2.24, 2.45) is 5.92 Å². The van der Waals surface area contributed by atoms with Crippen molar-refractivity contribution in [3.63, 3.8) is 0 Å². The van der Waals surface area contributed by atoms with E-state index in [4.69, 9.17) is 9.84 Å². The number of ether oxygens (including phenoxy) is 1. The quantitative estimate of drug-likeness (QED) is 0.910. The Kier molecular flexibility index (Phi) is 4.99. The topological polar surface area (TPSA) is 49.8 Å². The fourth-order valence-electron chi connectivity index (χ4n) is 2.52. The van der Waals surface area contributed by atoms with Crippen molar-refractivity contribution in [3.05, 3.63) is 28.0 Å². The predicted molar refractivity (Wildman–Crippen MR) is 77.9 cm³/mol. The largest absolute Gasteiger partial charge is 0.478 e. The molecule has 0 amide bonds. The average molecular weight is 346 g/mol. The number of carboxylic acids is 1. The van der Waals surface area contributed by atoms with Crippen LogP contribution in [0.1, 0.15) is 23.2 Å². The van der Waals surface area contributed by atoms with Gasteiger partial charge in [0.1, 0.15) is 0 Å². The zero-order chi connectivity index (χ0) is 14.7. The monoisotopic (exact) mass is 345 g/mol. The normalized spacial score (nSPS) is 16.4. The van der Waals surface area contributed by atoms with Crippen LogP contribution in [0, 0.1) is 11.7 Å². The van der Waals surface area contributed by atoms with Gasteiger partial charge in [0.15, 0.2) is 5.82 Å². The predicted octanol–water partition coefficient (Wildman–Crippen LogP) is 3.15. The number of hydrogen-bond acceptors (Lipinski definition) is 3. The van der Waals surface area contributed by atoms with Gasteiger partial charge in [-0.3, -0.25) is 0 Å². The van der Waals surface area contributed by atoms with Gasteiger partial charge in [-0.15, -0.1) is 0 Å². The molecule has 4 nitrogen and oxygen atoms in total. The highest BCUT2D eigenvalue weighted by molar-refractivity contribution is 9.10. The first-order chi connectivity index (χ1) is 9.54. The van der Waals surface area contributed by atoms with Gasteiger partial charge in [0.05, 0.1) is 15.7 Å². The van der Waals surface area contributed by atoms with Crippen molar-refractivity contribution in [2.75, 3.05) is 31.7 Å². The zero-order valence-electron chi connectivity index (χ0n) is 11.2. The minimum absolute atomic E-state index is 0.0153. The third-order valence-electron chi connectivity index (χ3n) is 3.65. The first-order valence-electron chi connectivity index (χ1n) is 6.49. The second-order valence-corrected chi connectivity index (χ2v) is 5.74. The van der Waals surface area contributed by atoms with Crippen LogP contribution in [0.2, 0.25) is 0 Å². The molecule has 0 spiro atoms. The lowest BCUT2D eigenvalue weighted by Crippen LogP contribution is -2.35. The van der Waals surface area contributed by atoms with E-state index in [-0.39, 0.29) is 10.0 Å². The average Bonchev–Trinajstić information content (AvgIpc) is 2.43. The Balaban J connectivity index is 2.15. The highest BCUT2D eigenvalue weighted by Crippen LogP contribution is 2.32. The summed E-state index contributed by atoms with van der Waals surface area (Å²) in [5.74, 6) is -1.13. The third-order valence-corrected chi connectivity index (χ3v) is 4.43. The molecule has 110 valence electrons. The summed E-state index contributed by atoms with van der Waals surface area (Å²) >= 11 is 3.03. The number of piperidine rings is 1. The first kappa shape index (κ1) is 15.3. The van der Waals surface area contributed by atoms with Gasteiger partial charge < -0.3 is 14.7 Å². The number of nitrogens with zero attached hydrogens (tertiary/aromatic N) is 1. The van der Waals surface area contributed by atoms with E-state index < -0.39 is 11.8 Å². The fourth-order valence-corrected chi connectivity index (χ4v) is 3.03. The van der Waals surface area contributed by atoms with Crippen LogP contribution in [-0.4, -0.2) is 37.9 Å². The molecule has 0 bridgehead atoms. The van der Waals surface area contributed by atoms with Crippen molar-refractivity contribution < 1.29 is 19.0 Å². The second-order valence-electron chi connectivity index (χ2n) is 4.95. The maximum atomic E-state index is 14.3. The van der Waals surface area contributed by atoms with E-state index in [0.717, 1.165) is 32.5 Å². The number of benzene rings is 1. The minimum Gasteiger partial charge on any atom is -0.478 e. The molecule has 0 aromatic heterocycles. The summed E-state index contributed by atoms with van der Waals surface area (Å²) in [6, 6.07) is 2.98. The molecule has 0 aliphatic carbocycles. The number of methoxy groups -OCH3 is 1. The smallest absolute Gasteiger partial charge is 0.336 e. The molecule has 1 aromatic carbocycles. The van der Waals surface area contributed by atoms with Crippen LogP contribution in [0.25, 0.3) is 0 Å². The highest BCUT2D eigenvalue weighted by Gasteiger charge is 2.24. The van der Waals surface area contributed by atoms with E-state index >= 15 is 0 Å². The Labute approximate surface area is 125 Å². The van der Waals surface area contributed by atoms with Crippen molar-refractivity contribution in [1.29, 1.82) is 0 Å². The lowest BCUT2D eigenvalue weighted by atomic mass is 9.97. The van der Waals surface area contributed by atoms with Crippen molar-refractivity contribution in [3.8, 4) is 0 Å². The molecule has 0 radical (unpaired) electrons. The molecule has 1 aromatic rings. The van der Waals surface area contributed by atoms with Gasteiger partial charge in [0.25, 0.3) is 0 Å². The van der Waals surface area contributed by atoms with Crippen LogP contribution in [-0.2, 0) is 4.74 Å². The molecule has 20 heavy (non-hydrogen) atoms. The molecule has 0 saturated carbocycles. The van der Waals surface area contributed by atoms with E-state index in [1.54, 1.807) is 13.2 Å². The molecule has 1 aliphatic rings. The van der Waals surface area contributed by atoms with E-state index in [1.807, 2.05) is 4.90 Å². The maximum absolute atomic E-state index is 14.3. The van der Waals surface area contributed by atoms with Gasteiger partial charge in [0.2, 0.25) is 0 Å². The standard InChI is InChI=1S/C14H17BrFNO3/c1-20-8-9-4-6-17(7-5-9)11-3-2-10(14(18)19)12(15)13(11)16/h2-3,9H,4-8H2,1H3,(H,18,19). The molecular formula is C14H17BrFNO3. The lowest BCUT2D eigenvalue weighted by Gasteiger charge is -2.33. The summed E-state index contributed by atoms with van der Waals surface area (Å²) in [4.78, 5) is 12.9. The SMILES string of the molecule is COCC1CCN(c2ccc(C(=O)O)c(Br)c2F)CC1. The molecule has 0 unspecified atom stereocenters. The van der Waals surface area contributed by atoms with Crippen LogP contribution in [0.3, 0.4) is 0 Å². The molecule has 1 heterocycles. The summed E-state index contributed by atoms with van der Waals surface area (Å²) in [5.41, 5.74) is 0.401. The van der Waals surface area contributed by atoms with Crippen LogP contribution < -0.4 is 4.90 Å². The summed E-state index contributed by atoms with van der Waals surface area (Å²) < 4.78 is 19.4. The van der Waals surface area contributed by atoms with Crippen LogP contribution in [0.15, 0.2) is 16.6 Å². The lowest BCUT2D eigenvalue weighted by molar-refractivity contribution is 0.0695. The molecule has 2 rings (SSSR count). The molecule has 1 saturated heterocycles. The maximum Gasteiger partial charge on any atom is 0.336 e. The van der Waals surface area contributed by atoms with Crippen molar-refractivity contribution in [2.45, 2.75) is 12.8 Å². The zero-order valence-corrected chi connectivity index (χ0v) is 12.8. The molecule has 6 heteroatoms. The molecular weight excluding hydrogens is 329 g/mol. The van der Waals surface area contributed by atoms with Gasteiger partial charge in [-0.1, -0.05) is 0 Å². The van der Waals surface area contributed by atoms with Crippen LogP contribution in [0.5, 0.6) is 0 Å². The Morgan fingerprint density at radius 3 is 2.70 bits per heavy atom. The number of anilines is 1. The van der Waals surface area contributed by atoms with Crippen LogP contribution in [0.4, 0.5) is 10.1 Å². The van der Waals surface area contributed by atoms with Gasteiger partial charge in [-0.2, -0.15) is 0 Å². The minimum atomic E-state index is -1.14. The Bertz CT molecular complexity index is 501. The number of carbonyl (C=O) groups is 1. The van der Waals surface area contributed by atoms with E-state index in [0.29, 0.717) is 11.6 Å². The summed E-state index contributed by atoms with van der Waals surface area (Å²) in [6.45, 7) is 2.24. The van der Waals surface area contributed by atoms with Gasteiger partial charge in [0, 0.05) is 26.8 Å². The van der Waals surface area contributed by atoms with Crippen molar-refractivity contribution in [1.82, 2.24) is 0 Å². The van der Waals surface area contributed by atoms with Gasteiger partial charge in [-0.25, -0.2) is 9.18 Å². The number of aromatic carboxylic acids is 1. The summed E-state index contributed by atoms with van der Waals surface area (Å²) in [7, 11) is 1.69. The molecule has 1 fully saturated rings.